The maximum atomic E-state index is 14.7. The molecule has 0 spiro atoms. The van der Waals surface area contributed by atoms with E-state index < -0.39 is 26.0 Å². The summed E-state index contributed by atoms with van der Waals surface area (Å²) < 4.78 is 44.9. The van der Waals surface area contributed by atoms with Gasteiger partial charge in [-0.15, -0.1) is 0 Å². The van der Waals surface area contributed by atoms with Gasteiger partial charge in [-0.3, -0.25) is 0 Å². The SMILES string of the molecule is [CH2-]CCCCC1COc2nc(Cl)c(F)c3nc(S(C)(=O)=O)nc(c23)N(CC[CH2-])C1.[Y]. The van der Waals surface area contributed by atoms with Gasteiger partial charge in [-0.05, 0) is 13.0 Å². The van der Waals surface area contributed by atoms with Gasteiger partial charge in [-0.1, -0.05) is 24.4 Å². The Kier molecular flexibility index (Phi) is 9.22. The molecule has 1 unspecified atom stereocenters. The van der Waals surface area contributed by atoms with Crippen molar-refractivity contribution in [2.45, 2.75) is 37.3 Å². The van der Waals surface area contributed by atoms with Crippen LogP contribution in [0.15, 0.2) is 5.16 Å². The topological polar surface area (TPSA) is 85.3 Å². The third kappa shape index (κ3) is 5.58. The van der Waals surface area contributed by atoms with Gasteiger partial charge < -0.3 is 23.5 Å². The first-order chi connectivity index (χ1) is 13.8. The number of ether oxygens (including phenoxy) is 1. The van der Waals surface area contributed by atoms with E-state index in [1.54, 1.807) is 0 Å². The fourth-order valence-corrected chi connectivity index (χ4v) is 4.07. The van der Waals surface area contributed by atoms with E-state index in [1.807, 2.05) is 4.90 Å². The molecule has 0 bridgehead atoms. The molecule has 0 N–H and O–H groups in total. The Labute approximate surface area is 206 Å². The van der Waals surface area contributed by atoms with Gasteiger partial charge in [-0.2, -0.15) is 17.8 Å². The molecule has 2 aromatic rings. The molecular formula is C19H24ClFN4O3SY-2. The molecule has 7 nitrogen and oxygen atoms in total. The summed E-state index contributed by atoms with van der Waals surface area (Å²) in [6.07, 6.45) is 5.31. The molecule has 0 saturated carbocycles. The third-order valence-corrected chi connectivity index (χ3v) is 5.87. The van der Waals surface area contributed by atoms with Gasteiger partial charge in [0.25, 0.3) is 0 Å². The zero-order valence-electron chi connectivity index (χ0n) is 16.9. The molecule has 3 rings (SSSR count). The largest absolute Gasteiger partial charge is 0.477 e. The number of sulfone groups is 1. The third-order valence-electron chi connectivity index (χ3n) is 4.78. The molecule has 30 heavy (non-hydrogen) atoms. The second-order valence-electron chi connectivity index (χ2n) is 7.17. The van der Waals surface area contributed by atoms with Crippen LogP contribution in [0.4, 0.5) is 10.2 Å². The maximum Gasteiger partial charge on any atom is 0.249 e. The number of hydrogen-bond acceptors (Lipinski definition) is 7. The molecular weight excluding hydrogens is 508 g/mol. The molecule has 2 aromatic heterocycles. The molecule has 1 atom stereocenters. The summed E-state index contributed by atoms with van der Waals surface area (Å²) in [6, 6.07) is 0. The fourth-order valence-electron chi connectivity index (χ4n) is 3.40. The normalized spacial score (nSPS) is 16.6. The Morgan fingerprint density at radius 2 is 1.97 bits per heavy atom. The maximum absolute atomic E-state index is 14.7. The van der Waals surface area contributed by atoms with Crippen molar-refractivity contribution in [2.24, 2.45) is 5.92 Å². The average Bonchev–Trinajstić information content (AvgIpc) is 2.66. The Bertz CT molecular complexity index is 1010. The van der Waals surface area contributed by atoms with Crippen molar-refractivity contribution in [3.05, 3.63) is 24.8 Å². The van der Waals surface area contributed by atoms with E-state index in [2.05, 4.69) is 28.8 Å². The first kappa shape index (κ1) is 25.6. The van der Waals surface area contributed by atoms with Crippen LogP contribution in [0.25, 0.3) is 10.9 Å². The van der Waals surface area contributed by atoms with Gasteiger partial charge in [0, 0.05) is 51.4 Å². The fraction of sp³-hybridized carbons (Fsp3) is 0.526. The van der Waals surface area contributed by atoms with Gasteiger partial charge in [0.2, 0.25) is 20.9 Å². The van der Waals surface area contributed by atoms with Crippen molar-refractivity contribution in [3.63, 3.8) is 0 Å². The molecule has 1 radical (unpaired) electrons. The minimum Gasteiger partial charge on any atom is -0.477 e. The van der Waals surface area contributed by atoms with Crippen LogP contribution < -0.4 is 9.64 Å². The van der Waals surface area contributed by atoms with Crippen molar-refractivity contribution >= 4 is 38.2 Å². The van der Waals surface area contributed by atoms with Crippen LogP contribution in [0.5, 0.6) is 5.88 Å². The standard InChI is InChI=1S/C19H24ClFN4O3S.Y/c1-4-6-7-8-12-10-25(9-5-2)17-13-15(22-19(24-17)29(3,26)27)14(21)16(20)23-18(13)28-11-12;/h12H,1-2,4-11H2,3H3;/q-2;. The van der Waals surface area contributed by atoms with E-state index in [0.717, 1.165) is 31.9 Å². The van der Waals surface area contributed by atoms with Gasteiger partial charge in [0.15, 0.2) is 11.0 Å². The number of rotatable bonds is 7. The van der Waals surface area contributed by atoms with Crippen molar-refractivity contribution < 1.29 is 50.3 Å². The predicted molar refractivity (Wildman–Crippen MR) is 110 cm³/mol. The Morgan fingerprint density at radius 3 is 2.60 bits per heavy atom. The number of aromatic nitrogens is 3. The average molecular weight is 532 g/mol. The van der Waals surface area contributed by atoms with E-state index in [0.29, 0.717) is 26.1 Å². The number of pyridine rings is 1. The Morgan fingerprint density at radius 1 is 1.23 bits per heavy atom. The molecule has 1 aliphatic rings. The van der Waals surface area contributed by atoms with Crippen LogP contribution in [0.1, 0.15) is 32.1 Å². The van der Waals surface area contributed by atoms with Crippen molar-refractivity contribution in [1.82, 2.24) is 15.0 Å². The van der Waals surface area contributed by atoms with E-state index in [4.69, 9.17) is 16.3 Å². The minimum atomic E-state index is -3.78. The van der Waals surface area contributed by atoms with Gasteiger partial charge in [-0.25, -0.2) is 22.8 Å². The molecule has 0 saturated heterocycles. The van der Waals surface area contributed by atoms with Crippen molar-refractivity contribution in [1.29, 1.82) is 0 Å². The molecule has 1 aliphatic heterocycles. The summed E-state index contributed by atoms with van der Waals surface area (Å²) in [5.41, 5.74) is -0.213. The summed E-state index contributed by atoms with van der Waals surface area (Å²) in [7, 11) is -3.78. The summed E-state index contributed by atoms with van der Waals surface area (Å²) in [5.74, 6) is -0.361. The van der Waals surface area contributed by atoms with Gasteiger partial charge >= 0.3 is 0 Å². The molecule has 0 aromatic carbocycles. The van der Waals surface area contributed by atoms with Gasteiger partial charge in [0.05, 0.1) is 6.61 Å². The monoisotopic (exact) mass is 531 g/mol. The van der Waals surface area contributed by atoms with Crippen LogP contribution in [0, 0.1) is 25.6 Å². The van der Waals surface area contributed by atoms with E-state index in [-0.39, 0.29) is 61.2 Å². The van der Waals surface area contributed by atoms with Crippen LogP contribution >= 0.6 is 11.6 Å². The second kappa shape index (κ2) is 10.8. The van der Waals surface area contributed by atoms with Crippen LogP contribution in [0.2, 0.25) is 5.15 Å². The Hall–Kier alpha value is -0.636. The van der Waals surface area contributed by atoms with Crippen LogP contribution in [0.3, 0.4) is 0 Å². The first-order valence-electron chi connectivity index (χ1n) is 9.49. The quantitative estimate of drug-likeness (QED) is 0.233. The zero-order chi connectivity index (χ0) is 21.2. The molecule has 0 fully saturated rings. The smallest absolute Gasteiger partial charge is 0.249 e. The van der Waals surface area contributed by atoms with Crippen molar-refractivity contribution in [2.75, 3.05) is 30.9 Å². The van der Waals surface area contributed by atoms with Crippen LogP contribution in [-0.2, 0) is 42.5 Å². The number of hydrogen-bond donors (Lipinski definition) is 0. The number of unbranched alkanes of at least 4 members (excludes halogenated alkanes) is 2. The minimum absolute atomic E-state index is 0. The van der Waals surface area contributed by atoms with E-state index in [9.17, 15) is 12.8 Å². The van der Waals surface area contributed by atoms with Gasteiger partial charge in [0.1, 0.15) is 16.7 Å². The number of nitrogens with zero attached hydrogens (tertiary/aromatic N) is 4. The first-order valence-corrected chi connectivity index (χ1v) is 11.8. The molecule has 163 valence electrons. The molecule has 11 heteroatoms. The van der Waals surface area contributed by atoms with Crippen LogP contribution in [-0.4, -0.2) is 49.3 Å². The van der Waals surface area contributed by atoms with E-state index >= 15 is 0 Å². The van der Waals surface area contributed by atoms with E-state index in [1.165, 1.54) is 0 Å². The molecule has 0 aliphatic carbocycles. The summed E-state index contributed by atoms with van der Waals surface area (Å²) >= 11 is 5.94. The zero-order valence-corrected chi connectivity index (χ0v) is 21.3. The molecule has 3 heterocycles. The second-order valence-corrected chi connectivity index (χ2v) is 9.44. The predicted octanol–water partition coefficient (Wildman–Crippen LogP) is 3.65. The number of anilines is 1. The number of halogens is 2. The summed E-state index contributed by atoms with van der Waals surface area (Å²) in [5, 5.41) is -0.659. The Balaban J connectivity index is 0.00000320. The summed E-state index contributed by atoms with van der Waals surface area (Å²) in [4.78, 5) is 14.1. The molecule has 0 amide bonds. The summed E-state index contributed by atoms with van der Waals surface area (Å²) in [6.45, 7) is 9.24. The van der Waals surface area contributed by atoms with Crippen molar-refractivity contribution in [3.8, 4) is 5.88 Å².